The number of rotatable bonds is 8. The zero-order valence-corrected chi connectivity index (χ0v) is 15.3. The number of carbonyl (C=O) groups excluding carboxylic acids is 1. The topological polar surface area (TPSA) is 44.8 Å². The molecule has 2 rings (SSSR count). The van der Waals surface area contributed by atoms with Gasteiger partial charge < -0.3 is 10.1 Å². The molecule has 1 N–H and O–H groups in total. The maximum Gasteiger partial charge on any atom is 0.251 e. The van der Waals surface area contributed by atoms with Gasteiger partial charge >= 0.3 is 0 Å². The second-order valence-corrected chi connectivity index (χ2v) is 6.56. The van der Waals surface area contributed by atoms with E-state index in [4.69, 9.17) is 4.74 Å². The molecular weight excluding hydrogens is 302 g/mol. The maximum absolute atomic E-state index is 12.2. The van der Waals surface area contributed by atoms with Crippen LogP contribution in [0.25, 0.3) is 0 Å². The van der Waals surface area contributed by atoms with Crippen LogP contribution >= 0.6 is 0 Å². The Kier molecular flexibility index (Phi) is 7.69. The summed E-state index contributed by atoms with van der Waals surface area (Å²) in [5, 5.41) is 3.01. The quantitative estimate of drug-likeness (QED) is 0.790. The average Bonchev–Trinajstić information content (AvgIpc) is 2.60. The molecule has 1 amide bonds. The van der Waals surface area contributed by atoms with E-state index in [1.165, 1.54) is 5.56 Å². The maximum atomic E-state index is 12.2. The van der Waals surface area contributed by atoms with Gasteiger partial charge in [-0.3, -0.25) is 14.6 Å². The minimum absolute atomic E-state index is 0.00716. The van der Waals surface area contributed by atoms with Gasteiger partial charge in [0.1, 0.15) is 0 Å². The summed E-state index contributed by atoms with van der Waals surface area (Å²) in [5.41, 5.74) is 1.97. The molecule has 1 aromatic rings. The van der Waals surface area contributed by atoms with E-state index in [0.29, 0.717) is 12.6 Å². The fraction of sp³-hybridized carbons (Fsp3) is 0.632. The molecule has 0 unspecified atom stereocenters. The summed E-state index contributed by atoms with van der Waals surface area (Å²) in [6.07, 6.45) is 0. The van der Waals surface area contributed by atoms with Gasteiger partial charge in [-0.05, 0) is 38.1 Å². The van der Waals surface area contributed by atoms with Crippen molar-refractivity contribution in [3.63, 3.8) is 0 Å². The molecule has 1 aromatic carbocycles. The number of benzene rings is 1. The van der Waals surface area contributed by atoms with Gasteiger partial charge in [0, 0.05) is 44.3 Å². The Bertz CT molecular complexity index is 496. The number of hydrogen-bond acceptors (Lipinski definition) is 4. The number of hydrogen-bond donors (Lipinski definition) is 1. The van der Waals surface area contributed by atoms with E-state index in [1.54, 1.807) is 0 Å². The molecule has 5 heteroatoms. The summed E-state index contributed by atoms with van der Waals surface area (Å²) in [7, 11) is 0. The number of nitrogens with one attached hydrogen (secondary N) is 1. The molecule has 24 heavy (non-hydrogen) atoms. The number of likely N-dealkylation sites (N-methyl/N-ethyl adjacent to an activating group) is 1. The van der Waals surface area contributed by atoms with Gasteiger partial charge in [-0.2, -0.15) is 0 Å². The molecule has 0 aromatic heterocycles. The Morgan fingerprint density at radius 1 is 1.25 bits per heavy atom. The lowest BCUT2D eigenvalue weighted by Crippen LogP contribution is -2.38. The molecular formula is C19H31N3O2. The first-order chi connectivity index (χ1) is 11.6. The molecule has 5 nitrogen and oxygen atoms in total. The smallest absolute Gasteiger partial charge is 0.251 e. The van der Waals surface area contributed by atoms with Crippen molar-refractivity contribution in [2.45, 2.75) is 33.4 Å². The van der Waals surface area contributed by atoms with Crippen LogP contribution in [0.2, 0.25) is 0 Å². The van der Waals surface area contributed by atoms with E-state index in [0.717, 1.165) is 51.5 Å². The molecule has 1 heterocycles. The predicted molar refractivity (Wildman–Crippen MR) is 97.3 cm³/mol. The monoisotopic (exact) mass is 333 g/mol. The third-order valence-corrected chi connectivity index (χ3v) is 4.55. The minimum Gasteiger partial charge on any atom is -0.379 e. The Balaban J connectivity index is 1.78. The zero-order valence-electron chi connectivity index (χ0n) is 15.3. The van der Waals surface area contributed by atoms with E-state index in [2.05, 4.69) is 48.0 Å². The van der Waals surface area contributed by atoms with Gasteiger partial charge in [0.05, 0.1) is 13.2 Å². The first-order valence-electron chi connectivity index (χ1n) is 9.01. The van der Waals surface area contributed by atoms with Crippen LogP contribution in [0.1, 0.15) is 36.7 Å². The van der Waals surface area contributed by atoms with Crippen LogP contribution in [0.5, 0.6) is 0 Å². The van der Waals surface area contributed by atoms with Gasteiger partial charge in [-0.25, -0.2) is 0 Å². The third-order valence-electron chi connectivity index (χ3n) is 4.55. The summed E-state index contributed by atoms with van der Waals surface area (Å²) in [6, 6.07) is 8.45. The van der Waals surface area contributed by atoms with Gasteiger partial charge in [-0.15, -0.1) is 0 Å². The summed E-state index contributed by atoms with van der Waals surface area (Å²) in [6.45, 7) is 13.6. The lowest BCUT2D eigenvalue weighted by molar-refractivity contribution is 0.0342. The SMILES string of the molecule is CCN(CCNC(=O)c1ccc(CN2CCOCC2)cc1)C(C)C. The number of carbonyl (C=O) groups is 1. The second kappa shape index (κ2) is 9.77. The summed E-state index contributed by atoms with van der Waals surface area (Å²) in [4.78, 5) is 16.9. The Hall–Kier alpha value is -1.43. The standard InChI is InChI=1S/C19H31N3O2/c1-4-22(16(2)3)10-9-20-19(23)18-7-5-17(6-8-18)15-21-11-13-24-14-12-21/h5-8,16H,4,9-15H2,1-3H3,(H,20,23). The van der Waals surface area contributed by atoms with Crippen LogP contribution in [-0.2, 0) is 11.3 Å². The minimum atomic E-state index is 0.00716. The molecule has 0 spiro atoms. The highest BCUT2D eigenvalue weighted by molar-refractivity contribution is 5.94. The Labute approximate surface area is 146 Å². The Morgan fingerprint density at radius 2 is 1.92 bits per heavy atom. The number of amides is 1. The zero-order chi connectivity index (χ0) is 17.4. The number of morpholine rings is 1. The van der Waals surface area contributed by atoms with Gasteiger partial charge in [0.25, 0.3) is 5.91 Å². The van der Waals surface area contributed by atoms with Crippen LogP contribution in [0, 0.1) is 0 Å². The molecule has 1 aliphatic heterocycles. The van der Waals surface area contributed by atoms with E-state index < -0.39 is 0 Å². The van der Waals surface area contributed by atoms with Crippen molar-refractivity contribution < 1.29 is 9.53 Å². The average molecular weight is 333 g/mol. The van der Waals surface area contributed by atoms with E-state index >= 15 is 0 Å². The summed E-state index contributed by atoms with van der Waals surface area (Å²) >= 11 is 0. The number of nitrogens with zero attached hydrogens (tertiary/aromatic N) is 2. The molecule has 1 saturated heterocycles. The molecule has 1 fully saturated rings. The number of ether oxygens (including phenoxy) is 1. The van der Waals surface area contributed by atoms with E-state index in [9.17, 15) is 4.79 Å². The van der Waals surface area contributed by atoms with Crippen molar-refractivity contribution in [2.75, 3.05) is 45.9 Å². The molecule has 0 atom stereocenters. The first-order valence-corrected chi connectivity index (χ1v) is 9.01. The fourth-order valence-electron chi connectivity index (χ4n) is 2.98. The molecule has 1 aliphatic rings. The fourth-order valence-corrected chi connectivity index (χ4v) is 2.98. The van der Waals surface area contributed by atoms with Crippen molar-refractivity contribution in [1.29, 1.82) is 0 Å². The largest absolute Gasteiger partial charge is 0.379 e. The molecule has 0 aliphatic carbocycles. The van der Waals surface area contributed by atoms with Crippen molar-refractivity contribution in [3.8, 4) is 0 Å². The lowest BCUT2D eigenvalue weighted by atomic mass is 10.1. The van der Waals surface area contributed by atoms with Crippen LogP contribution in [0.15, 0.2) is 24.3 Å². The van der Waals surface area contributed by atoms with Crippen LogP contribution < -0.4 is 5.32 Å². The highest BCUT2D eigenvalue weighted by Crippen LogP contribution is 2.09. The first kappa shape index (κ1) is 18.9. The molecule has 0 bridgehead atoms. The van der Waals surface area contributed by atoms with Crippen molar-refractivity contribution in [3.05, 3.63) is 35.4 Å². The van der Waals surface area contributed by atoms with Crippen LogP contribution in [0.4, 0.5) is 0 Å². The third kappa shape index (κ3) is 5.89. The van der Waals surface area contributed by atoms with Crippen LogP contribution in [0.3, 0.4) is 0 Å². The lowest BCUT2D eigenvalue weighted by Gasteiger charge is -2.26. The molecule has 134 valence electrons. The van der Waals surface area contributed by atoms with Crippen LogP contribution in [-0.4, -0.2) is 67.7 Å². The second-order valence-electron chi connectivity index (χ2n) is 6.56. The van der Waals surface area contributed by atoms with Gasteiger partial charge in [0.15, 0.2) is 0 Å². The van der Waals surface area contributed by atoms with Crippen molar-refractivity contribution in [1.82, 2.24) is 15.1 Å². The van der Waals surface area contributed by atoms with E-state index in [-0.39, 0.29) is 5.91 Å². The molecule has 0 radical (unpaired) electrons. The van der Waals surface area contributed by atoms with Gasteiger partial charge in [0.2, 0.25) is 0 Å². The summed E-state index contributed by atoms with van der Waals surface area (Å²) in [5.74, 6) is 0.00716. The summed E-state index contributed by atoms with van der Waals surface area (Å²) < 4.78 is 5.37. The van der Waals surface area contributed by atoms with Gasteiger partial charge in [-0.1, -0.05) is 19.1 Å². The van der Waals surface area contributed by atoms with Crippen molar-refractivity contribution >= 4 is 5.91 Å². The van der Waals surface area contributed by atoms with E-state index in [1.807, 2.05) is 12.1 Å². The normalized spacial score (nSPS) is 15.9. The van der Waals surface area contributed by atoms with Crippen molar-refractivity contribution in [2.24, 2.45) is 0 Å². The Morgan fingerprint density at radius 3 is 2.50 bits per heavy atom. The molecule has 0 saturated carbocycles. The predicted octanol–water partition coefficient (Wildman–Crippen LogP) is 1.98. The highest BCUT2D eigenvalue weighted by atomic mass is 16.5. The highest BCUT2D eigenvalue weighted by Gasteiger charge is 2.12.